The fourth-order valence-electron chi connectivity index (χ4n) is 2.63. The largest absolute Gasteiger partial charge is 0.454 e. The zero-order chi connectivity index (χ0) is 16.5. The first-order chi connectivity index (χ1) is 11.7. The third kappa shape index (κ3) is 3.19. The fourth-order valence-corrected chi connectivity index (χ4v) is 3.62. The smallest absolute Gasteiger partial charge is 0.231 e. The van der Waals surface area contributed by atoms with Crippen LogP contribution in [0.1, 0.15) is 31.1 Å². The van der Waals surface area contributed by atoms with Gasteiger partial charge >= 0.3 is 0 Å². The molecule has 126 valence electrons. The van der Waals surface area contributed by atoms with Gasteiger partial charge in [0.05, 0.1) is 0 Å². The Labute approximate surface area is 143 Å². The second kappa shape index (κ2) is 6.35. The van der Waals surface area contributed by atoms with E-state index in [4.69, 9.17) is 9.47 Å². The number of hydrogen-bond donors (Lipinski definition) is 1. The van der Waals surface area contributed by atoms with Crippen LogP contribution in [0.2, 0.25) is 0 Å². The first kappa shape index (κ1) is 15.3. The lowest BCUT2D eigenvalue weighted by Gasteiger charge is -2.07. The number of nitrogens with one attached hydrogen (secondary N) is 1. The summed E-state index contributed by atoms with van der Waals surface area (Å²) in [6.45, 7) is 2.20. The van der Waals surface area contributed by atoms with E-state index in [0.717, 1.165) is 11.0 Å². The van der Waals surface area contributed by atoms with Crippen LogP contribution >= 0.6 is 11.8 Å². The number of thioether (sulfide) groups is 1. The Morgan fingerprint density at radius 1 is 1.33 bits per heavy atom. The monoisotopic (exact) mass is 346 g/mol. The Kier molecular flexibility index (Phi) is 4.05. The molecule has 0 bridgehead atoms. The summed E-state index contributed by atoms with van der Waals surface area (Å²) in [4.78, 5) is 12.1. The van der Waals surface area contributed by atoms with Gasteiger partial charge in [0.2, 0.25) is 12.7 Å². The number of anilines is 1. The van der Waals surface area contributed by atoms with Gasteiger partial charge in [-0.05, 0) is 31.9 Å². The van der Waals surface area contributed by atoms with Crippen molar-refractivity contribution in [3.05, 3.63) is 24.0 Å². The van der Waals surface area contributed by atoms with Crippen LogP contribution in [0.5, 0.6) is 11.5 Å². The molecule has 1 N–H and O–H groups in total. The van der Waals surface area contributed by atoms with Crippen molar-refractivity contribution in [1.82, 2.24) is 14.8 Å². The van der Waals surface area contributed by atoms with Gasteiger partial charge in [-0.15, -0.1) is 10.2 Å². The number of aryl methyl sites for hydroxylation is 1. The van der Waals surface area contributed by atoms with E-state index < -0.39 is 0 Å². The zero-order valence-corrected chi connectivity index (χ0v) is 14.1. The van der Waals surface area contributed by atoms with Crippen LogP contribution < -0.4 is 14.8 Å². The number of benzene rings is 1. The minimum absolute atomic E-state index is 0.0319. The summed E-state index contributed by atoms with van der Waals surface area (Å²) in [7, 11) is 0. The van der Waals surface area contributed by atoms with Gasteiger partial charge in [-0.1, -0.05) is 11.8 Å². The van der Waals surface area contributed by atoms with Crippen LogP contribution in [-0.2, 0) is 4.79 Å². The highest BCUT2D eigenvalue weighted by Crippen LogP contribution is 2.38. The Bertz CT molecular complexity index is 773. The summed E-state index contributed by atoms with van der Waals surface area (Å²) in [5.74, 6) is 2.95. The van der Waals surface area contributed by atoms with Crippen LogP contribution in [0.25, 0.3) is 0 Å². The van der Waals surface area contributed by atoms with E-state index in [9.17, 15) is 4.79 Å². The lowest BCUT2D eigenvalue weighted by atomic mass is 10.2. The van der Waals surface area contributed by atoms with Crippen LogP contribution in [0.4, 0.5) is 5.69 Å². The average molecular weight is 346 g/mol. The maximum Gasteiger partial charge on any atom is 0.231 e. The van der Waals surface area contributed by atoms with E-state index in [1.165, 1.54) is 12.8 Å². The van der Waals surface area contributed by atoms with Crippen molar-refractivity contribution in [2.45, 2.75) is 37.4 Å². The van der Waals surface area contributed by atoms with E-state index in [0.29, 0.717) is 35.4 Å². The van der Waals surface area contributed by atoms with Gasteiger partial charge in [-0.2, -0.15) is 0 Å². The molecule has 2 aliphatic rings. The van der Waals surface area contributed by atoms with Crippen molar-refractivity contribution in [3.8, 4) is 11.5 Å². The Balaban J connectivity index is 1.29. The molecular formula is C16H18N4O3S. The Morgan fingerprint density at radius 2 is 2.17 bits per heavy atom. The van der Waals surface area contributed by atoms with E-state index in [-0.39, 0.29) is 12.7 Å². The topological polar surface area (TPSA) is 78.3 Å². The molecule has 2 heterocycles. The molecule has 8 heteroatoms. The van der Waals surface area contributed by atoms with Crippen molar-refractivity contribution in [1.29, 1.82) is 0 Å². The number of carbonyl (C=O) groups is 1. The van der Waals surface area contributed by atoms with Crippen LogP contribution in [-0.4, -0.2) is 33.2 Å². The highest BCUT2D eigenvalue weighted by molar-refractivity contribution is 7.99. The Morgan fingerprint density at radius 3 is 3.00 bits per heavy atom. The molecule has 0 spiro atoms. The van der Waals surface area contributed by atoms with Crippen molar-refractivity contribution in [3.63, 3.8) is 0 Å². The summed E-state index contributed by atoms with van der Waals surface area (Å²) in [6.07, 6.45) is 2.80. The molecule has 1 aliphatic heterocycles. The van der Waals surface area contributed by atoms with Gasteiger partial charge in [0.15, 0.2) is 16.7 Å². The number of amides is 1. The van der Waals surface area contributed by atoms with E-state index in [1.54, 1.807) is 23.9 Å². The third-order valence-electron chi connectivity index (χ3n) is 3.96. The first-order valence-corrected chi connectivity index (χ1v) is 8.93. The van der Waals surface area contributed by atoms with Gasteiger partial charge in [-0.25, -0.2) is 0 Å². The highest BCUT2D eigenvalue weighted by Gasteiger charge is 2.28. The molecule has 0 unspecified atom stereocenters. The SMILES string of the molecule is Cc1nnc(SCCC(=O)Nc2ccc3c(c2)OCO3)n1C1CC1. The molecular weight excluding hydrogens is 328 g/mol. The second-order valence-electron chi connectivity index (χ2n) is 5.85. The van der Waals surface area contributed by atoms with Crippen molar-refractivity contribution in [2.24, 2.45) is 0 Å². The molecule has 1 aliphatic carbocycles. The van der Waals surface area contributed by atoms with Gasteiger partial charge < -0.3 is 19.4 Å². The average Bonchev–Trinajstić information content (AvgIpc) is 3.17. The van der Waals surface area contributed by atoms with Crippen LogP contribution in [0, 0.1) is 6.92 Å². The third-order valence-corrected chi connectivity index (χ3v) is 4.91. The van der Waals surface area contributed by atoms with E-state index >= 15 is 0 Å². The van der Waals surface area contributed by atoms with E-state index in [1.807, 2.05) is 13.0 Å². The molecule has 7 nitrogen and oxygen atoms in total. The summed E-state index contributed by atoms with van der Waals surface area (Å²) in [5, 5.41) is 12.1. The van der Waals surface area contributed by atoms with Crippen LogP contribution in [0.3, 0.4) is 0 Å². The van der Waals surface area contributed by atoms with E-state index in [2.05, 4.69) is 20.1 Å². The van der Waals surface area contributed by atoms with Gasteiger partial charge in [0, 0.05) is 30.0 Å². The molecule has 1 amide bonds. The minimum Gasteiger partial charge on any atom is -0.454 e. The number of rotatable bonds is 6. The number of aromatic nitrogens is 3. The Hall–Kier alpha value is -2.22. The minimum atomic E-state index is -0.0319. The quantitative estimate of drug-likeness (QED) is 0.811. The normalized spacial score (nSPS) is 15.5. The van der Waals surface area contributed by atoms with Gasteiger partial charge in [0.1, 0.15) is 5.82 Å². The summed E-state index contributed by atoms with van der Waals surface area (Å²) in [6, 6.07) is 5.93. The fraction of sp³-hybridized carbons (Fsp3) is 0.438. The standard InChI is InChI=1S/C16H18N4O3S/c1-10-18-19-16(20(10)12-3-4-12)24-7-6-15(21)17-11-2-5-13-14(8-11)23-9-22-13/h2,5,8,12H,3-4,6-7,9H2,1H3,(H,17,21). The number of carbonyl (C=O) groups excluding carboxylic acids is 1. The first-order valence-electron chi connectivity index (χ1n) is 7.94. The predicted octanol–water partition coefficient (Wildman–Crippen LogP) is 2.77. The predicted molar refractivity (Wildman–Crippen MR) is 89.6 cm³/mol. The van der Waals surface area contributed by atoms with Crippen molar-refractivity contribution in [2.75, 3.05) is 17.9 Å². The molecule has 0 radical (unpaired) electrons. The maximum absolute atomic E-state index is 12.1. The molecule has 1 aromatic heterocycles. The number of hydrogen-bond acceptors (Lipinski definition) is 6. The second-order valence-corrected chi connectivity index (χ2v) is 6.91. The summed E-state index contributed by atoms with van der Waals surface area (Å²) in [5.41, 5.74) is 0.714. The number of ether oxygens (including phenoxy) is 2. The molecule has 1 fully saturated rings. The summed E-state index contributed by atoms with van der Waals surface area (Å²) < 4.78 is 12.7. The van der Waals surface area contributed by atoms with Gasteiger partial charge in [-0.3, -0.25) is 4.79 Å². The van der Waals surface area contributed by atoms with Gasteiger partial charge in [0.25, 0.3) is 0 Å². The molecule has 0 atom stereocenters. The maximum atomic E-state index is 12.1. The van der Waals surface area contributed by atoms with Crippen molar-refractivity contribution >= 4 is 23.4 Å². The number of fused-ring (bicyclic) bond motifs is 1. The number of nitrogens with zero attached hydrogens (tertiary/aromatic N) is 3. The van der Waals surface area contributed by atoms with Crippen LogP contribution in [0.15, 0.2) is 23.4 Å². The molecule has 1 saturated carbocycles. The summed E-state index contributed by atoms with van der Waals surface area (Å²) >= 11 is 1.58. The molecule has 1 aromatic carbocycles. The molecule has 2 aromatic rings. The molecule has 0 saturated heterocycles. The zero-order valence-electron chi connectivity index (χ0n) is 13.3. The lowest BCUT2D eigenvalue weighted by Crippen LogP contribution is -2.12. The van der Waals surface area contributed by atoms with Crippen molar-refractivity contribution < 1.29 is 14.3 Å². The molecule has 24 heavy (non-hydrogen) atoms. The molecule has 4 rings (SSSR count). The highest BCUT2D eigenvalue weighted by atomic mass is 32.2. The lowest BCUT2D eigenvalue weighted by molar-refractivity contribution is -0.115.